The second kappa shape index (κ2) is 8.76. The van der Waals surface area contributed by atoms with Crippen LogP contribution in [-0.2, 0) is 4.79 Å². The van der Waals surface area contributed by atoms with E-state index in [1.807, 2.05) is 0 Å². The third-order valence-electron chi connectivity index (χ3n) is 5.75. The van der Waals surface area contributed by atoms with Crippen molar-refractivity contribution < 1.29 is 28.2 Å². The van der Waals surface area contributed by atoms with Gasteiger partial charge in [-0.2, -0.15) is 0 Å². The van der Waals surface area contributed by atoms with Gasteiger partial charge < -0.3 is 14.3 Å². The van der Waals surface area contributed by atoms with E-state index in [0.29, 0.717) is 22.3 Å². The average molecular weight is 512 g/mol. The number of halogens is 3. The molecule has 3 aromatic carbocycles. The number of aliphatic hydroxyl groups excluding tert-OH is 1. The van der Waals surface area contributed by atoms with Crippen LogP contribution in [0.25, 0.3) is 11.0 Å². The first kappa shape index (κ1) is 23.0. The molecule has 1 aliphatic heterocycles. The molecule has 1 aliphatic rings. The Morgan fingerprint density at radius 3 is 2.54 bits per heavy atom. The minimum absolute atomic E-state index is 0.106. The van der Waals surface area contributed by atoms with Gasteiger partial charge in [-0.3, -0.25) is 14.5 Å². The molecule has 1 amide bonds. The maximum absolute atomic E-state index is 14.1. The summed E-state index contributed by atoms with van der Waals surface area (Å²) in [6, 6.07) is 15.4. The van der Waals surface area contributed by atoms with Crippen LogP contribution in [0.4, 0.5) is 10.1 Å². The van der Waals surface area contributed by atoms with E-state index in [1.165, 1.54) is 43.5 Å². The van der Waals surface area contributed by atoms with Crippen molar-refractivity contribution in [2.75, 3.05) is 12.0 Å². The summed E-state index contributed by atoms with van der Waals surface area (Å²) >= 11 is 12.3. The fraction of sp³-hybridized carbons (Fsp3) is 0.0769. The van der Waals surface area contributed by atoms with E-state index in [0.717, 1.165) is 11.0 Å². The van der Waals surface area contributed by atoms with Crippen molar-refractivity contribution in [3.05, 3.63) is 105 Å². The molecule has 5 rings (SSSR count). The molecule has 6 nitrogen and oxygen atoms in total. The zero-order chi connectivity index (χ0) is 24.9. The highest BCUT2D eigenvalue weighted by molar-refractivity contribution is 6.42. The van der Waals surface area contributed by atoms with Crippen LogP contribution in [0.1, 0.15) is 22.2 Å². The number of ether oxygens (including phenoxy) is 1. The summed E-state index contributed by atoms with van der Waals surface area (Å²) in [5, 5.41) is 11.9. The summed E-state index contributed by atoms with van der Waals surface area (Å²) in [4.78, 5) is 28.0. The summed E-state index contributed by atoms with van der Waals surface area (Å²) in [5.41, 5.74) is 0.635. The van der Waals surface area contributed by atoms with Crippen LogP contribution in [0.5, 0.6) is 5.75 Å². The first-order valence-corrected chi connectivity index (χ1v) is 11.1. The van der Waals surface area contributed by atoms with Crippen molar-refractivity contribution in [2.24, 2.45) is 0 Å². The number of rotatable bonds is 5. The molecule has 1 N–H and O–H groups in total. The largest absolute Gasteiger partial charge is 0.503 e. The molecule has 1 atom stereocenters. The topological polar surface area (TPSA) is 80.0 Å². The molecule has 35 heavy (non-hydrogen) atoms. The number of nitrogens with zero attached hydrogens (tertiary/aromatic N) is 1. The minimum atomic E-state index is -1.12. The molecule has 0 aliphatic carbocycles. The highest BCUT2D eigenvalue weighted by Crippen LogP contribution is 2.44. The standard InChI is InChI=1S/C26H16Cl2FNO5/c1-34-19-7-2-4-14-11-20(35-25(14)19)23(31)21-22(13-8-9-17(27)18(28)10-13)30(26(33)24(21)32)16-6-3-5-15(29)12-16/h2-12,22,32H,1H3. The molecular weight excluding hydrogens is 496 g/mol. The fourth-order valence-electron chi connectivity index (χ4n) is 4.17. The van der Waals surface area contributed by atoms with Crippen LogP contribution in [0.2, 0.25) is 10.0 Å². The van der Waals surface area contributed by atoms with Crippen molar-refractivity contribution in [3.63, 3.8) is 0 Å². The van der Waals surface area contributed by atoms with Gasteiger partial charge in [0, 0.05) is 11.1 Å². The summed E-state index contributed by atoms with van der Waals surface area (Å²) < 4.78 is 25.1. The van der Waals surface area contributed by atoms with E-state index in [4.69, 9.17) is 32.4 Å². The van der Waals surface area contributed by atoms with Crippen molar-refractivity contribution in [1.82, 2.24) is 0 Å². The Kier molecular flexibility index (Phi) is 5.75. The van der Waals surface area contributed by atoms with Crippen molar-refractivity contribution >= 4 is 51.5 Å². The monoisotopic (exact) mass is 511 g/mol. The molecule has 0 spiro atoms. The zero-order valence-electron chi connectivity index (χ0n) is 18.1. The number of Topliss-reactive ketones (excluding diaryl/α,β-unsaturated/α-hetero) is 1. The van der Waals surface area contributed by atoms with Crippen molar-refractivity contribution in [2.45, 2.75) is 6.04 Å². The number of amides is 1. The summed E-state index contributed by atoms with van der Waals surface area (Å²) in [6.45, 7) is 0. The van der Waals surface area contributed by atoms with E-state index in [9.17, 15) is 19.1 Å². The second-order valence-corrected chi connectivity index (χ2v) is 8.63. The van der Waals surface area contributed by atoms with Crippen LogP contribution in [0.15, 0.2) is 82.5 Å². The van der Waals surface area contributed by atoms with Crippen molar-refractivity contribution in [1.29, 1.82) is 0 Å². The summed E-state index contributed by atoms with van der Waals surface area (Å²) in [5.74, 6) is -2.64. The third-order valence-corrected chi connectivity index (χ3v) is 6.49. The number of methoxy groups -OCH3 is 1. The predicted octanol–water partition coefficient (Wildman–Crippen LogP) is 6.67. The Bertz CT molecular complexity index is 1540. The molecular formula is C26H16Cl2FNO5. The number of aliphatic hydroxyl groups is 1. The highest BCUT2D eigenvalue weighted by atomic mass is 35.5. The number of para-hydroxylation sites is 1. The molecule has 176 valence electrons. The lowest BCUT2D eigenvalue weighted by molar-refractivity contribution is -0.117. The van der Waals surface area contributed by atoms with Crippen LogP contribution < -0.4 is 9.64 Å². The number of hydrogen-bond donors (Lipinski definition) is 1. The molecule has 0 bridgehead atoms. The first-order valence-electron chi connectivity index (χ1n) is 10.4. The van der Waals surface area contributed by atoms with Gasteiger partial charge in [0.15, 0.2) is 22.9 Å². The normalized spacial score (nSPS) is 15.8. The Labute approximate surface area is 208 Å². The summed E-state index contributed by atoms with van der Waals surface area (Å²) in [6.07, 6.45) is 0. The smallest absolute Gasteiger partial charge is 0.294 e. The Morgan fingerprint density at radius 1 is 1.06 bits per heavy atom. The van der Waals surface area contributed by atoms with E-state index in [2.05, 4.69) is 0 Å². The molecule has 9 heteroatoms. The van der Waals surface area contributed by atoms with Crippen LogP contribution >= 0.6 is 23.2 Å². The maximum Gasteiger partial charge on any atom is 0.294 e. The molecule has 0 saturated carbocycles. The number of carbonyl (C=O) groups excluding carboxylic acids is 2. The zero-order valence-corrected chi connectivity index (χ0v) is 19.6. The van der Waals surface area contributed by atoms with Crippen LogP contribution in [0.3, 0.4) is 0 Å². The SMILES string of the molecule is COc1cccc2cc(C(=O)C3=C(O)C(=O)N(c4cccc(F)c4)C3c3ccc(Cl)c(Cl)c3)oc12. The number of anilines is 1. The molecule has 1 unspecified atom stereocenters. The van der Waals surface area contributed by atoms with E-state index in [-0.39, 0.29) is 27.1 Å². The van der Waals surface area contributed by atoms with Gasteiger partial charge >= 0.3 is 0 Å². The number of benzene rings is 3. The lowest BCUT2D eigenvalue weighted by Crippen LogP contribution is -2.31. The van der Waals surface area contributed by atoms with Gasteiger partial charge in [-0.1, -0.05) is 47.5 Å². The molecule has 0 fully saturated rings. The quantitative estimate of drug-likeness (QED) is 0.302. The molecule has 0 saturated heterocycles. The molecule has 4 aromatic rings. The van der Waals surface area contributed by atoms with Gasteiger partial charge in [0.2, 0.25) is 5.78 Å². The molecule has 2 heterocycles. The number of carbonyl (C=O) groups is 2. The average Bonchev–Trinajstić information content (AvgIpc) is 3.39. The number of furan rings is 1. The lowest BCUT2D eigenvalue weighted by Gasteiger charge is -2.27. The predicted molar refractivity (Wildman–Crippen MR) is 130 cm³/mol. The van der Waals surface area contributed by atoms with Gasteiger partial charge in [-0.05, 0) is 48.0 Å². The Morgan fingerprint density at radius 2 is 1.83 bits per heavy atom. The van der Waals surface area contributed by atoms with Gasteiger partial charge in [0.25, 0.3) is 5.91 Å². The Balaban J connectivity index is 1.68. The van der Waals surface area contributed by atoms with Crippen LogP contribution in [0, 0.1) is 5.82 Å². The molecule has 1 aromatic heterocycles. The first-order chi connectivity index (χ1) is 16.8. The third kappa shape index (κ3) is 3.83. The molecule has 0 radical (unpaired) electrons. The minimum Gasteiger partial charge on any atom is -0.503 e. The highest BCUT2D eigenvalue weighted by Gasteiger charge is 2.45. The second-order valence-electron chi connectivity index (χ2n) is 7.81. The van der Waals surface area contributed by atoms with Gasteiger partial charge in [0.1, 0.15) is 5.82 Å². The van der Waals surface area contributed by atoms with E-state index < -0.39 is 29.3 Å². The van der Waals surface area contributed by atoms with Gasteiger partial charge in [-0.15, -0.1) is 0 Å². The number of ketones is 1. The number of hydrogen-bond acceptors (Lipinski definition) is 5. The maximum atomic E-state index is 14.1. The van der Waals surface area contributed by atoms with Crippen LogP contribution in [-0.4, -0.2) is 23.9 Å². The number of fused-ring (bicyclic) bond motifs is 1. The van der Waals surface area contributed by atoms with E-state index in [1.54, 1.807) is 24.3 Å². The van der Waals surface area contributed by atoms with E-state index >= 15 is 0 Å². The summed E-state index contributed by atoms with van der Waals surface area (Å²) in [7, 11) is 1.47. The van der Waals surface area contributed by atoms with Gasteiger partial charge in [-0.25, -0.2) is 4.39 Å². The van der Waals surface area contributed by atoms with Gasteiger partial charge in [0.05, 0.1) is 28.8 Å². The van der Waals surface area contributed by atoms with Crippen molar-refractivity contribution in [3.8, 4) is 5.75 Å². The fourth-order valence-corrected chi connectivity index (χ4v) is 4.48. The lowest BCUT2D eigenvalue weighted by atomic mass is 9.94. The Hall–Kier alpha value is -3.81.